The zero-order valence-corrected chi connectivity index (χ0v) is 9.91. The molecule has 1 aliphatic heterocycles. The summed E-state index contributed by atoms with van der Waals surface area (Å²) < 4.78 is 5.38. The molecule has 2 rings (SSSR count). The maximum Gasteiger partial charge on any atom is 0.0634 e. The van der Waals surface area contributed by atoms with E-state index in [1.807, 2.05) is 0 Å². The Hall–Kier alpha value is 0.460. The summed E-state index contributed by atoms with van der Waals surface area (Å²) in [6.45, 7) is 1.64. The van der Waals surface area contributed by atoms with Crippen LogP contribution in [-0.4, -0.2) is 31.3 Å². The van der Waals surface area contributed by atoms with Gasteiger partial charge in [-0.25, -0.2) is 0 Å². The average molecular weight is 243 g/mol. The molecule has 3 N–H and O–H groups in total. The predicted molar refractivity (Wildman–Crippen MR) is 62.5 cm³/mol. The Bertz CT molecular complexity index is 156. The highest BCUT2D eigenvalue weighted by Gasteiger charge is 2.27. The van der Waals surface area contributed by atoms with Crippen LogP contribution in [0.4, 0.5) is 0 Å². The number of hydrogen-bond donors (Lipinski definition) is 2. The van der Waals surface area contributed by atoms with Gasteiger partial charge in [0.1, 0.15) is 0 Å². The molecule has 0 aromatic rings. The number of ether oxygens (including phenoxy) is 1. The minimum absolute atomic E-state index is 0. The van der Waals surface area contributed by atoms with Gasteiger partial charge in [0, 0.05) is 24.7 Å². The number of hydrogen-bond acceptors (Lipinski definition) is 3. The molecule has 2 atom stereocenters. The van der Waals surface area contributed by atoms with Gasteiger partial charge >= 0.3 is 0 Å². The number of rotatable bonds is 2. The quantitative estimate of drug-likeness (QED) is 0.763. The van der Waals surface area contributed by atoms with E-state index in [-0.39, 0.29) is 24.8 Å². The lowest BCUT2D eigenvalue weighted by atomic mass is 9.91. The highest BCUT2D eigenvalue weighted by atomic mass is 35.5. The first-order chi connectivity index (χ1) is 5.86. The van der Waals surface area contributed by atoms with E-state index in [1.165, 1.54) is 19.3 Å². The van der Waals surface area contributed by atoms with Crippen molar-refractivity contribution >= 4 is 24.8 Å². The van der Waals surface area contributed by atoms with Crippen LogP contribution in [0.25, 0.3) is 0 Å². The van der Waals surface area contributed by atoms with E-state index in [0.29, 0.717) is 12.1 Å². The maximum atomic E-state index is 5.96. The molecule has 0 unspecified atom stereocenters. The first kappa shape index (κ1) is 14.5. The summed E-state index contributed by atoms with van der Waals surface area (Å²) in [5, 5.41) is 3.56. The third-order valence-electron chi connectivity index (χ3n) is 2.96. The molecule has 0 radical (unpaired) electrons. The minimum atomic E-state index is 0. The van der Waals surface area contributed by atoms with Gasteiger partial charge in [-0.15, -0.1) is 24.8 Å². The first-order valence-corrected chi connectivity index (χ1v) is 4.95. The molecule has 2 fully saturated rings. The van der Waals surface area contributed by atoms with Crippen LogP contribution in [-0.2, 0) is 4.74 Å². The van der Waals surface area contributed by atoms with Crippen molar-refractivity contribution in [3.8, 4) is 0 Å². The first-order valence-electron chi connectivity index (χ1n) is 4.95. The third-order valence-corrected chi connectivity index (χ3v) is 2.96. The van der Waals surface area contributed by atoms with Gasteiger partial charge in [-0.05, 0) is 19.3 Å². The van der Waals surface area contributed by atoms with E-state index in [4.69, 9.17) is 10.5 Å². The Balaban J connectivity index is 0.000000845. The van der Waals surface area contributed by atoms with E-state index in [2.05, 4.69) is 5.32 Å². The summed E-state index contributed by atoms with van der Waals surface area (Å²) >= 11 is 0. The Morgan fingerprint density at radius 1 is 1.14 bits per heavy atom. The van der Waals surface area contributed by atoms with Gasteiger partial charge in [-0.1, -0.05) is 6.42 Å². The molecule has 0 bridgehead atoms. The monoisotopic (exact) mass is 242 g/mol. The molecular weight excluding hydrogens is 223 g/mol. The van der Waals surface area contributed by atoms with Crippen LogP contribution in [0.5, 0.6) is 0 Å². The predicted octanol–water partition coefficient (Wildman–Crippen LogP) is 1.09. The fraction of sp³-hybridized carbons (Fsp3) is 1.00. The lowest BCUT2D eigenvalue weighted by Gasteiger charge is -2.36. The van der Waals surface area contributed by atoms with E-state index in [1.54, 1.807) is 0 Å². The normalized spacial score (nSPS) is 32.4. The summed E-state index contributed by atoms with van der Waals surface area (Å²) in [5.74, 6) is 0. The fourth-order valence-electron chi connectivity index (χ4n) is 1.80. The number of nitrogens with one attached hydrogen (secondary N) is 1. The van der Waals surface area contributed by atoms with E-state index in [9.17, 15) is 0 Å². The molecule has 1 aliphatic carbocycles. The van der Waals surface area contributed by atoms with Crippen LogP contribution in [0.2, 0.25) is 0 Å². The number of nitrogens with two attached hydrogens (primary N) is 1. The van der Waals surface area contributed by atoms with Crippen molar-refractivity contribution in [2.75, 3.05) is 13.2 Å². The van der Waals surface area contributed by atoms with Gasteiger partial charge in [0.2, 0.25) is 0 Å². The highest BCUT2D eigenvalue weighted by molar-refractivity contribution is 5.85. The molecule has 3 nitrogen and oxygen atoms in total. The van der Waals surface area contributed by atoms with E-state index in [0.717, 1.165) is 25.7 Å². The Kier molecular flexibility index (Phi) is 7.08. The molecular formula is C9H20Cl2N2O. The van der Waals surface area contributed by atoms with E-state index < -0.39 is 0 Å². The van der Waals surface area contributed by atoms with Crippen molar-refractivity contribution in [2.45, 2.75) is 43.8 Å². The number of halogens is 2. The van der Waals surface area contributed by atoms with Gasteiger partial charge in [-0.3, -0.25) is 0 Å². The van der Waals surface area contributed by atoms with E-state index >= 15 is 0 Å². The van der Waals surface area contributed by atoms with Crippen molar-refractivity contribution in [3.05, 3.63) is 0 Å². The Morgan fingerprint density at radius 3 is 2.36 bits per heavy atom. The van der Waals surface area contributed by atoms with Crippen LogP contribution in [0.15, 0.2) is 0 Å². The third kappa shape index (κ3) is 3.55. The molecule has 86 valence electrons. The van der Waals surface area contributed by atoms with Crippen LogP contribution >= 0.6 is 24.8 Å². The fourth-order valence-corrected chi connectivity index (χ4v) is 1.80. The Labute approximate surface area is 98.0 Å². The van der Waals surface area contributed by atoms with Crippen LogP contribution in [0, 0.1) is 0 Å². The SMILES string of the molecule is Cl.Cl.N[C@@H]1CCOC[C@H]1NC1CCC1. The van der Waals surface area contributed by atoms with Crippen LogP contribution in [0.3, 0.4) is 0 Å². The smallest absolute Gasteiger partial charge is 0.0634 e. The van der Waals surface area contributed by atoms with Crippen molar-refractivity contribution in [2.24, 2.45) is 5.73 Å². The van der Waals surface area contributed by atoms with Crippen LogP contribution in [0.1, 0.15) is 25.7 Å². The molecule has 0 amide bonds. The molecule has 0 aromatic carbocycles. The molecule has 1 saturated heterocycles. The van der Waals surface area contributed by atoms with Crippen LogP contribution < -0.4 is 11.1 Å². The van der Waals surface area contributed by atoms with Gasteiger partial charge < -0.3 is 15.8 Å². The molecule has 0 aromatic heterocycles. The van der Waals surface area contributed by atoms with Gasteiger partial charge in [0.05, 0.1) is 6.61 Å². The highest BCUT2D eigenvalue weighted by Crippen LogP contribution is 2.20. The summed E-state index contributed by atoms with van der Waals surface area (Å²) in [6.07, 6.45) is 5.03. The summed E-state index contributed by atoms with van der Waals surface area (Å²) in [4.78, 5) is 0. The second-order valence-corrected chi connectivity index (χ2v) is 3.93. The minimum Gasteiger partial charge on any atom is -0.380 e. The Morgan fingerprint density at radius 2 is 1.86 bits per heavy atom. The van der Waals surface area contributed by atoms with Gasteiger partial charge in [0.15, 0.2) is 0 Å². The maximum absolute atomic E-state index is 5.96. The standard InChI is InChI=1S/C9H18N2O.2ClH/c10-8-4-5-12-6-9(8)11-7-2-1-3-7;;/h7-9,11H,1-6,10H2;2*1H/t8-,9-;;/m1../s1. The second-order valence-electron chi connectivity index (χ2n) is 3.93. The molecule has 5 heteroatoms. The van der Waals surface area contributed by atoms with Gasteiger partial charge in [0.25, 0.3) is 0 Å². The largest absolute Gasteiger partial charge is 0.380 e. The lowest BCUT2D eigenvalue weighted by molar-refractivity contribution is 0.0502. The second kappa shape index (κ2) is 6.85. The average Bonchev–Trinajstić information content (AvgIpc) is 2.00. The van der Waals surface area contributed by atoms with Crippen molar-refractivity contribution in [1.29, 1.82) is 0 Å². The van der Waals surface area contributed by atoms with Crippen molar-refractivity contribution in [3.63, 3.8) is 0 Å². The van der Waals surface area contributed by atoms with Crippen molar-refractivity contribution < 1.29 is 4.74 Å². The van der Waals surface area contributed by atoms with Crippen molar-refractivity contribution in [1.82, 2.24) is 5.32 Å². The van der Waals surface area contributed by atoms with Gasteiger partial charge in [-0.2, -0.15) is 0 Å². The lowest BCUT2D eigenvalue weighted by Crippen LogP contribution is -2.55. The zero-order chi connectivity index (χ0) is 8.39. The molecule has 14 heavy (non-hydrogen) atoms. The molecule has 2 aliphatic rings. The zero-order valence-electron chi connectivity index (χ0n) is 8.28. The molecule has 1 saturated carbocycles. The summed E-state index contributed by atoms with van der Waals surface area (Å²) in [6, 6.07) is 1.44. The molecule has 1 heterocycles. The summed E-state index contributed by atoms with van der Waals surface area (Å²) in [7, 11) is 0. The summed E-state index contributed by atoms with van der Waals surface area (Å²) in [5.41, 5.74) is 5.96. The molecule has 0 spiro atoms. The topological polar surface area (TPSA) is 47.3 Å².